The Kier molecular flexibility index (Phi) is 5.83. The number of rotatable bonds is 4. The van der Waals surface area contributed by atoms with Crippen molar-refractivity contribution in [3.63, 3.8) is 0 Å². The molecule has 30 heavy (non-hydrogen) atoms. The van der Waals surface area contributed by atoms with Gasteiger partial charge < -0.3 is 19.3 Å². The van der Waals surface area contributed by atoms with Crippen molar-refractivity contribution in [2.24, 2.45) is 23.7 Å². The zero-order valence-corrected chi connectivity index (χ0v) is 17.7. The largest absolute Gasteiger partial charge is 0.458 e. The minimum atomic E-state index is -1.81. The number of fused-ring (bicyclic) bond motifs is 3. The van der Waals surface area contributed by atoms with E-state index in [9.17, 15) is 24.7 Å². The minimum absolute atomic E-state index is 0.0660. The first-order chi connectivity index (χ1) is 13.9. The molecular formula is C21H28O9. The second-order valence-electron chi connectivity index (χ2n) is 8.77. The van der Waals surface area contributed by atoms with E-state index in [-0.39, 0.29) is 5.57 Å². The lowest BCUT2D eigenvalue weighted by Gasteiger charge is -2.41. The summed E-state index contributed by atoms with van der Waals surface area (Å²) in [5.74, 6) is -4.73. The molecule has 1 aliphatic heterocycles. The summed E-state index contributed by atoms with van der Waals surface area (Å²) in [4.78, 5) is 41.5. The standard InChI is InChI=1S/C21H28O9/c1-8(2)19(23)29-17-14-10(4)20(24)28-16(14)13-9(3)7-12(30-26)15(13)21(6,25)18(17)27-11(5)22/h7-8,12-18,25-26H,4H2,1-3,5-6H3. The topological polar surface area (TPSA) is 129 Å². The maximum Gasteiger partial charge on any atom is 0.334 e. The van der Waals surface area contributed by atoms with E-state index in [4.69, 9.17) is 14.2 Å². The average molecular weight is 424 g/mol. The van der Waals surface area contributed by atoms with Crippen LogP contribution >= 0.6 is 0 Å². The minimum Gasteiger partial charge on any atom is -0.458 e. The van der Waals surface area contributed by atoms with Gasteiger partial charge in [-0.25, -0.2) is 9.68 Å². The number of esters is 3. The van der Waals surface area contributed by atoms with Crippen molar-refractivity contribution in [3.05, 3.63) is 23.8 Å². The predicted octanol–water partition coefficient (Wildman–Crippen LogP) is 1.40. The Morgan fingerprint density at radius 1 is 1.27 bits per heavy atom. The first-order valence-corrected chi connectivity index (χ1v) is 9.90. The maximum atomic E-state index is 12.5. The van der Waals surface area contributed by atoms with Crippen molar-refractivity contribution in [2.45, 2.75) is 64.6 Å². The Morgan fingerprint density at radius 3 is 2.43 bits per heavy atom. The Hall–Kier alpha value is -2.23. The van der Waals surface area contributed by atoms with E-state index >= 15 is 0 Å². The van der Waals surface area contributed by atoms with Gasteiger partial charge >= 0.3 is 17.9 Å². The Morgan fingerprint density at radius 2 is 1.90 bits per heavy atom. The molecule has 2 N–H and O–H groups in total. The number of ether oxygens (including phenoxy) is 3. The van der Waals surface area contributed by atoms with Crippen LogP contribution in [-0.4, -0.2) is 58.3 Å². The molecule has 2 fully saturated rings. The summed E-state index contributed by atoms with van der Waals surface area (Å²) in [6, 6.07) is 0. The van der Waals surface area contributed by atoms with Crippen molar-refractivity contribution >= 4 is 17.9 Å². The molecule has 1 heterocycles. The highest BCUT2D eigenvalue weighted by atomic mass is 17.1. The highest BCUT2D eigenvalue weighted by Gasteiger charge is 2.66. The molecule has 9 nitrogen and oxygen atoms in total. The van der Waals surface area contributed by atoms with Crippen LogP contribution in [0, 0.1) is 23.7 Å². The lowest BCUT2D eigenvalue weighted by molar-refractivity contribution is -0.295. The molecule has 3 aliphatic rings. The van der Waals surface area contributed by atoms with E-state index in [2.05, 4.69) is 11.5 Å². The molecule has 166 valence electrons. The van der Waals surface area contributed by atoms with E-state index < -0.39 is 71.6 Å². The molecule has 0 amide bonds. The summed E-state index contributed by atoms with van der Waals surface area (Å²) in [6.07, 6.45) is -2.75. The third-order valence-corrected chi connectivity index (χ3v) is 6.35. The molecule has 0 aromatic heterocycles. The van der Waals surface area contributed by atoms with Crippen LogP contribution in [0.3, 0.4) is 0 Å². The molecular weight excluding hydrogens is 396 g/mol. The van der Waals surface area contributed by atoms with Crippen LogP contribution in [0.15, 0.2) is 23.8 Å². The zero-order chi connectivity index (χ0) is 22.5. The summed E-state index contributed by atoms with van der Waals surface area (Å²) < 4.78 is 16.8. The van der Waals surface area contributed by atoms with Gasteiger partial charge in [-0.15, -0.1) is 0 Å². The van der Waals surface area contributed by atoms with Crippen LogP contribution in [0.1, 0.15) is 34.6 Å². The predicted molar refractivity (Wildman–Crippen MR) is 102 cm³/mol. The fraction of sp³-hybridized carbons (Fsp3) is 0.667. The first-order valence-electron chi connectivity index (χ1n) is 9.90. The van der Waals surface area contributed by atoms with Crippen molar-refractivity contribution in [2.75, 3.05) is 0 Å². The van der Waals surface area contributed by atoms with Crippen LogP contribution in [0.5, 0.6) is 0 Å². The highest BCUT2D eigenvalue weighted by Crippen LogP contribution is 2.54. The highest BCUT2D eigenvalue weighted by molar-refractivity contribution is 5.91. The van der Waals surface area contributed by atoms with Crippen LogP contribution in [-0.2, 0) is 33.5 Å². The lowest BCUT2D eigenvalue weighted by atomic mass is 9.74. The third-order valence-electron chi connectivity index (χ3n) is 6.35. The molecule has 8 unspecified atom stereocenters. The van der Waals surface area contributed by atoms with Gasteiger partial charge in [-0.3, -0.25) is 14.8 Å². The average Bonchev–Trinajstić information content (AvgIpc) is 3.11. The fourth-order valence-corrected chi connectivity index (χ4v) is 4.99. The lowest BCUT2D eigenvalue weighted by Crippen LogP contribution is -2.57. The number of aliphatic hydroxyl groups is 1. The van der Waals surface area contributed by atoms with Gasteiger partial charge in [-0.1, -0.05) is 32.1 Å². The first kappa shape index (κ1) is 22.5. The van der Waals surface area contributed by atoms with Gasteiger partial charge in [-0.2, -0.15) is 0 Å². The van der Waals surface area contributed by atoms with Gasteiger partial charge in [0.2, 0.25) is 0 Å². The SMILES string of the molecule is C=C1C(=O)OC2C1C(OC(=O)C(C)C)C(OC(C)=O)C(C)(O)C1C(OO)C=C(C)C21. The number of carbonyl (C=O) groups excluding carboxylic acids is 3. The molecule has 0 radical (unpaired) electrons. The molecule has 9 heteroatoms. The van der Waals surface area contributed by atoms with Crippen molar-refractivity contribution in [1.82, 2.24) is 0 Å². The summed E-state index contributed by atoms with van der Waals surface area (Å²) >= 11 is 0. The molecule has 0 aromatic rings. The van der Waals surface area contributed by atoms with Crippen LogP contribution in [0.2, 0.25) is 0 Å². The number of hydrogen-bond donors (Lipinski definition) is 2. The summed E-state index contributed by atoms with van der Waals surface area (Å²) in [5.41, 5.74) is -1.03. The second-order valence-corrected chi connectivity index (χ2v) is 8.77. The molecule has 8 atom stereocenters. The van der Waals surface area contributed by atoms with E-state index in [1.807, 2.05) is 0 Å². The van der Waals surface area contributed by atoms with Crippen LogP contribution in [0.4, 0.5) is 0 Å². The van der Waals surface area contributed by atoms with Gasteiger partial charge in [0.1, 0.15) is 17.8 Å². The summed E-state index contributed by atoms with van der Waals surface area (Å²) in [7, 11) is 0. The van der Waals surface area contributed by atoms with Gasteiger partial charge in [0, 0.05) is 24.3 Å². The summed E-state index contributed by atoms with van der Waals surface area (Å²) in [6.45, 7) is 11.4. The normalized spacial score (nSPS) is 40.3. The van der Waals surface area contributed by atoms with Crippen molar-refractivity contribution in [3.8, 4) is 0 Å². The monoisotopic (exact) mass is 424 g/mol. The molecule has 1 saturated carbocycles. The van der Waals surface area contributed by atoms with Crippen molar-refractivity contribution < 1.29 is 43.8 Å². The fourth-order valence-electron chi connectivity index (χ4n) is 4.99. The molecule has 2 aliphatic carbocycles. The van der Waals surface area contributed by atoms with E-state index in [1.165, 1.54) is 13.8 Å². The van der Waals surface area contributed by atoms with E-state index in [1.54, 1.807) is 26.8 Å². The molecule has 0 bridgehead atoms. The third kappa shape index (κ3) is 3.44. The maximum absolute atomic E-state index is 12.5. The Bertz CT molecular complexity index is 796. The second kappa shape index (κ2) is 7.79. The molecule has 3 rings (SSSR count). The number of carbonyl (C=O) groups is 3. The Labute approximate surface area is 174 Å². The molecule has 0 aromatic carbocycles. The zero-order valence-electron chi connectivity index (χ0n) is 17.7. The van der Waals surface area contributed by atoms with E-state index in [0.29, 0.717) is 5.57 Å². The van der Waals surface area contributed by atoms with Crippen molar-refractivity contribution in [1.29, 1.82) is 0 Å². The van der Waals surface area contributed by atoms with Crippen LogP contribution in [0.25, 0.3) is 0 Å². The van der Waals surface area contributed by atoms with Crippen LogP contribution < -0.4 is 0 Å². The molecule has 1 saturated heterocycles. The summed E-state index contributed by atoms with van der Waals surface area (Å²) in [5, 5.41) is 21.1. The quantitative estimate of drug-likeness (QED) is 0.172. The number of hydrogen-bond acceptors (Lipinski definition) is 9. The van der Waals surface area contributed by atoms with Gasteiger partial charge in [0.05, 0.1) is 11.8 Å². The smallest absolute Gasteiger partial charge is 0.334 e. The van der Waals surface area contributed by atoms with E-state index in [0.717, 1.165) is 0 Å². The van der Waals surface area contributed by atoms with Gasteiger partial charge in [0.15, 0.2) is 12.2 Å². The molecule has 0 spiro atoms. The van der Waals surface area contributed by atoms with Gasteiger partial charge in [-0.05, 0) is 13.8 Å². The Balaban J connectivity index is 2.20. The van der Waals surface area contributed by atoms with Gasteiger partial charge in [0.25, 0.3) is 0 Å².